The Morgan fingerprint density at radius 1 is 1.47 bits per heavy atom. The van der Waals surface area contributed by atoms with Crippen molar-refractivity contribution in [2.24, 2.45) is 18.9 Å². The Hall–Kier alpha value is -1.85. The molecule has 0 bridgehead atoms. The van der Waals surface area contributed by atoms with Gasteiger partial charge in [-0.05, 0) is 25.7 Å². The molecule has 0 aliphatic heterocycles. The molecule has 2 rings (SSSR count). The van der Waals surface area contributed by atoms with Crippen LogP contribution in [0.1, 0.15) is 31.9 Å². The molecule has 1 fully saturated rings. The summed E-state index contributed by atoms with van der Waals surface area (Å²) in [5.41, 5.74) is 1.58. The van der Waals surface area contributed by atoms with Crippen molar-refractivity contribution in [1.82, 2.24) is 9.78 Å². The maximum atomic E-state index is 12.1. The molecule has 6 nitrogen and oxygen atoms in total. The monoisotopic (exact) mass is 265 g/mol. The fourth-order valence-corrected chi connectivity index (χ4v) is 2.58. The van der Waals surface area contributed by atoms with Crippen LogP contribution in [0.2, 0.25) is 0 Å². The summed E-state index contributed by atoms with van der Waals surface area (Å²) in [6.45, 7) is 1.98. The van der Waals surface area contributed by atoms with Gasteiger partial charge in [0, 0.05) is 19.2 Å². The van der Waals surface area contributed by atoms with Crippen LogP contribution in [0.5, 0.6) is 0 Å². The van der Waals surface area contributed by atoms with Crippen LogP contribution in [-0.2, 0) is 23.1 Å². The van der Waals surface area contributed by atoms with Gasteiger partial charge in [-0.15, -0.1) is 0 Å². The normalized spacial score (nSPS) is 22.4. The average Bonchev–Trinajstić information content (AvgIpc) is 2.95. The number of carbonyl (C=O) groups excluding carboxylic acids is 1. The first-order chi connectivity index (χ1) is 9.01. The summed E-state index contributed by atoms with van der Waals surface area (Å²) in [6, 6.07) is 0. The van der Waals surface area contributed by atoms with Gasteiger partial charge in [0.25, 0.3) is 0 Å². The molecule has 2 atom stereocenters. The number of aromatic nitrogens is 2. The molecule has 0 radical (unpaired) electrons. The second-order valence-corrected chi connectivity index (χ2v) is 5.05. The fraction of sp³-hybridized carbons (Fsp3) is 0.615. The highest BCUT2D eigenvalue weighted by atomic mass is 16.4. The van der Waals surface area contributed by atoms with E-state index >= 15 is 0 Å². The second-order valence-electron chi connectivity index (χ2n) is 5.05. The summed E-state index contributed by atoms with van der Waals surface area (Å²) in [7, 11) is 1.81. The summed E-state index contributed by atoms with van der Waals surface area (Å²) in [5, 5.41) is 16.1. The molecule has 1 aromatic heterocycles. The molecule has 104 valence electrons. The van der Waals surface area contributed by atoms with E-state index in [1.165, 1.54) is 0 Å². The summed E-state index contributed by atoms with van der Waals surface area (Å²) < 4.78 is 1.67. The number of aryl methyl sites for hydroxylation is 2. The molecule has 1 saturated carbocycles. The van der Waals surface area contributed by atoms with Gasteiger partial charge >= 0.3 is 5.97 Å². The zero-order valence-electron chi connectivity index (χ0n) is 11.2. The lowest BCUT2D eigenvalue weighted by molar-refractivity contribution is -0.141. The number of carboxylic acid groups (broad SMARTS) is 1. The highest BCUT2D eigenvalue weighted by Crippen LogP contribution is 2.32. The van der Waals surface area contributed by atoms with Gasteiger partial charge in [-0.1, -0.05) is 6.92 Å². The molecule has 1 aliphatic carbocycles. The van der Waals surface area contributed by atoms with E-state index < -0.39 is 5.97 Å². The van der Waals surface area contributed by atoms with E-state index in [1.54, 1.807) is 10.9 Å². The van der Waals surface area contributed by atoms with Gasteiger partial charge in [-0.25, -0.2) is 0 Å². The van der Waals surface area contributed by atoms with Crippen molar-refractivity contribution in [2.75, 3.05) is 5.32 Å². The highest BCUT2D eigenvalue weighted by molar-refractivity contribution is 5.93. The third-order valence-electron chi connectivity index (χ3n) is 3.65. The number of carboxylic acids is 1. The van der Waals surface area contributed by atoms with E-state index in [4.69, 9.17) is 5.11 Å². The smallest absolute Gasteiger partial charge is 0.306 e. The second kappa shape index (κ2) is 5.42. The number of amides is 1. The van der Waals surface area contributed by atoms with E-state index in [1.807, 2.05) is 14.0 Å². The topological polar surface area (TPSA) is 84.2 Å². The molecular weight excluding hydrogens is 246 g/mol. The molecule has 2 unspecified atom stereocenters. The minimum atomic E-state index is -0.800. The Labute approximate surface area is 111 Å². The first-order valence-electron chi connectivity index (χ1n) is 6.57. The Morgan fingerprint density at radius 2 is 2.16 bits per heavy atom. The number of carbonyl (C=O) groups is 2. The van der Waals surface area contributed by atoms with Gasteiger partial charge in [-0.3, -0.25) is 14.3 Å². The zero-order valence-corrected chi connectivity index (χ0v) is 11.2. The fourth-order valence-electron chi connectivity index (χ4n) is 2.58. The third-order valence-corrected chi connectivity index (χ3v) is 3.65. The Kier molecular flexibility index (Phi) is 3.87. The van der Waals surface area contributed by atoms with Crippen LogP contribution in [-0.4, -0.2) is 26.8 Å². The van der Waals surface area contributed by atoms with Crippen LogP contribution >= 0.6 is 0 Å². The number of nitrogens with one attached hydrogen (secondary N) is 1. The summed E-state index contributed by atoms with van der Waals surface area (Å²) >= 11 is 0. The molecule has 0 aromatic carbocycles. The van der Waals surface area contributed by atoms with Gasteiger partial charge in [0.2, 0.25) is 5.91 Å². The van der Waals surface area contributed by atoms with Crippen LogP contribution in [0.3, 0.4) is 0 Å². The molecule has 1 heterocycles. The third kappa shape index (κ3) is 2.94. The number of anilines is 1. The van der Waals surface area contributed by atoms with Crippen molar-refractivity contribution in [3.05, 3.63) is 11.9 Å². The maximum Gasteiger partial charge on any atom is 0.306 e. The number of nitrogens with zero attached hydrogens (tertiary/aromatic N) is 2. The molecule has 0 spiro atoms. The van der Waals surface area contributed by atoms with Gasteiger partial charge in [0.15, 0.2) is 0 Å². The number of rotatable bonds is 4. The number of hydrogen-bond donors (Lipinski definition) is 2. The average molecular weight is 265 g/mol. The van der Waals surface area contributed by atoms with Gasteiger partial charge in [-0.2, -0.15) is 5.10 Å². The van der Waals surface area contributed by atoms with Crippen LogP contribution in [0.4, 0.5) is 5.69 Å². The van der Waals surface area contributed by atoms with Crippen LogP contribution < -0.4 is 5.32 Å². The first-order valence-corrected chi connectivity index (χ1v) is 6.57. The van der Waals surface area contributed by atoms with E-state index in [0.717, 1.165) is 17.8 Å². The SMILES string of the molecule is CCc1nn(C)cc1NC(=O)C1CCC(C(=O)O)C1. The minimum Gasteiger partial charge on any atom is -0.481 e. The van der Waals surface area contributed by atoms with E-state index in [-0.39, 0.29) is 17.7 Å². The number of aliphatic carboxylic acids is 1. The summed E-state index contributed by atoms with van der Waals surface area (Å²) in [5.74, 6) is -1.47. The van der Waals surface area contributed by atoms with Crippen molar-refractivity contribution in [3.63, 3.8) is 0 Å². The summed E-state index contributed by atoms with van der Waals surface area (Å²) in [6.07, 6.45) is 4.19. The molecule has 2 N–H and O–H groups in total. The van der Waals surface area contributed by atoms with Crippen molar-refractivity contribution in [3.8, 4) is 0 Å². The summed E-state index contributed by atoms with van der Waals surface area (Å²) in [4.78, 5) is 23.0. The molecule has 1 aliphatic rings. The number of hydrogen-bond acceptors (Lipinski definition) is 3. The first kappa shape index (κ1) is 13.6. The molecular formula is C13H19N3O3. The highest BCUT2D eigenvalue weighted by Gasteiger charge is 2.34. The Morgan fingerprint density at radius 3 is 2.74 bits per heavy atom. The quantitative estimate of drug-likeness (QED) is 0.862. The van der Waals surface area contributed by atoms with E-state index in [2.05, 4.69) is 10.4 Å². The lowest BCUT2D eigenvalue weighted by Gasteiger charge is -2.10. The van der Waals surface area contributed by atoms with Crippen molar-refractivity contribution in [2.45, 2.75) is 32.6 Å². The lowest BCUT2D eigenvalue weighted by Crippen LogP contribution is -2.22. The van der Waals surface area contributed by atoms with Crippen LogP contribution in [0.15, 0.2) is 6.20 Å². The van der Waals surface area contributed by atoms with Crippen LogP contribution in [0.25, 0.3) is 0 Å². The van der Waals surface area contributed by atoms with Crippen LogP contribution in [0, 0.1) is 11.8 Å². The predicted molar refractivity (Wildman–Crippen MR) is 69.7 cm³/mol. The molecule has 1 amide bonds. The molecule has 6 heteroatoms. The lowest BCUT2D eigenvalue weighted by atomic mass is 10.0. The Bertz CT molecular complexity index is 495. The van der Waals surface area contributed by atoms with Gasteiger partial charge < -0.3 is 10.4 Å². The minimum absolute atomic E-state index is 0.0912. The molecule has 0 saturated heterocycles. The molecule has 1 aromatic rings. The predicted octanol–water partition coefficient (Wildman–Crippen LogP) is 1.42. The van der Waals surface area contributed by atoms with Crippen molar-refractivity contribution < 1.29 is 14.7 Å². The van der Waals surface area contributed by atoms with Crippen molar-refractivity contribution in [1.29, 1.82) is 0 Å². The molecule has 19 heavy (non-hydrogen) atoms. The maximum absolute atomic E-state index is 12.1. The van der Waals surface area contributed by atoms with Gasteiger partial charge in [0.05, 0.1) is 17.3 Å². The standard InChI is InChI=1S/C13H19N3O3/c1-3-10-11(7-16(2)15-10)14-12(17)8-4-5-9(6-8)13(18)19/h7-9H,3-6H2,1-2H3,(H,14,17)(H,18,19). The van der Waals surface area contributed by atoms with E-state index in [0.29, 0.717) is 19.3 Å². The zero-order chi connectivity index (χ0) is 14.0. The van der Waals surface area contributed by atoms with Crippen molar-refractivity contribution >= 4 is 17.6 Å². The Balaban J connectivity index is 2.00. The van der Waals surface area contributed by atoms with E-state index in [9.17, 15) is 9.59 Å². The largest absolute Gasteiger partial charge is 0.481 e. The van der Waals surface area contributed by atoms with Gasteiger partial charge in [0.1, 0.15) is 0 Å².